The number of pyridine rings is 1. The molecule has 0 saturated carbocycles. The fourth-order valence-electron chi connectivity index (χ4n) is 2.40. The minimum absolute atomic E-state index is 0.122. The van der Waals surface area contributed by atoms with Crippen LogP contribution in [-0.4, -0.2) is 22.1 Å². The number of rotatable bonds is 5. The molecule has 0 fully saturated rings. The highest BCUT2D eigenvalue weighted by atomic mass is 16.5. The van der Waals surface area contributed by atoms with Crippen LogP contribution in [0.2, 0.25) is 0 Å². The van der Waals surface area contributed by atoms with Gasteiger partial charge in [-0.25, -0.2) is 9.97 Å². The second-order valence-electron chi connectivity index (χ2n) is 5.76. The first kappa shape index (κ1) is 16.7. The standard InChI is InChI=1S/C19H20N4O2/c1-12-13(2)22-18(23-19(12)24)15-7-8-17(21-11-15)20-10-14-5-4-6-16(9-14)25-3/h4-9,11H,10H2,1-3H3,(H,20,21)(H,22,23,24). The predicted octanol–water partition coefficient (Wildman–Crippen LogP) is 3.07. The van der Waals surface area contributed by atoms with Gasteiger partial charge in [0, 0.05) is 29.6 Å². The summed E-state index contributed by atoms with van der Waals surface area (Å²) in [5.74, 6) is 2.10. The van der Waals surface area contributed by atoms with Gasteiger partial charge in [-0.3, -0.25) is 4.79 Å². The monoisotopic (exact) mass is 336 g/mol. The van der Waals surface area contributed by atoms with Crippen molar-refractivity contribution < 1.29 is 4.74 Å². The number of nitrogens with zero attached hydrogens (tertiary/aromatic N) is 2. The van der Waals surface area contributed by atoms with Crippen molar-refractivity contribution in [2.75, 3.05) is 12.4 Å². The molecule has 128 valence electrons. The molecule has 0 spiro atoms. The topological polar surface area (TPSA) is 79.9 Å². The van der Waals surface area contributed by atoms with E-state index in [0.717, 1.165) is 28.4 Å². The molecule has 2 aromatic heterocycles. The van der Waals surface area contributed by atoms with Crippen LogP contribution in [0, 0.1) is 13.8 Å². The summed E-state index contributed by atoms with van der Waals surface area (Å²) in [6, 6.07) is 11.6. The van der Waals surface area contributed by atoms with E-state index in [1.54, 1.807) is 20.2 Å². The van der Waals surface area contributed by atoms with Crippen molar-refractivity contribution in [1.29, 1.82) is 0 Å². The van der Waals surface area contributed by atoms with E-state index in [-0.39, 0.29) is 5.56 Å². The third-order valence-electron chi connectivity index (χ3n) is 4.04. The lowest BCUT2D eigenvalue weighted by Gasteiger charge is -2.08. The normalized spacial score (nSPS) is 10.5. The molecule has 3 rings (SSSR count). The Morgan fingerprint density at radius 2 is 2.04 bits per heavy atom. The lowest BCUT2D eigenvalue weighted by molar-refractivity contribution is 0.414. The molecule has 0 unspecified atom stereocenters. The largest absolute Gasteiger partial charge is 0.497 e. The smallest absolute Gasteiger partial charge is 0.254 e. The number of aromatic nitrogens is 3. The fraction of sp³-hybridized carbons (Fsp3) is 0.211. The summed E-state index contributed by atoms with van der Waals surface area (Å²) in [5, 5.41) is 3.26. The van der Waals surface area contributed by atoms with E-state index >= 15 is 0 Å². The molecule has 0 aliphatic rings. The summed E-state index contributed by atoms with van der Waals surface area (Å²) in [7, 11) is 1.65. The molecule has 0 radical (unpaired) electrons. The molecular formula is C19H20N4O2. The zero-order valence-electron chi connectivity index (χ0n) is 14.5. The molecule has 0 atom stereocenters. The molecule has 3 aromatic rings. The van der Waals surface area contributed by atoms with E-state index < -0.39 is 0 Å². The van der Waals surface area contributed by atoms with Gasteiger partial charge in [0.05, 0.1) is 7.11 Å². The minimum Gasteiger partial charge on any atom is -0.497 e. The molecule has 25 heavy (non-hydrogen) atoms. The summed E-state index contributed by atoms with van der Waals surface area (Å²) < 4.78 is 5.22. The van der Waals surface area contributed by atoms with Gasteiger partial charge in [0.25, 0.3) is 5.56 Å². The van der Waals surface area contributed by atoms with E-state index in [9.17, 15) is 4.79 Å². The van der Waals surface area contributed by atoms with Crippen LogP contribution in [0.15, 0.2) is 47.4 Å². The third kappa shape index (κ3) is 3.85. The molecular weight excluding hydrogens is 316 g/mol. The molecule has 2 N–H and O–H groups in total. The molecule has 6 heteroatoms. The maximum absolute atomic E-state index is 11.9. The lowest BCUT2D eigenvalue weighted by Crippen LogP contribution is -2.14. The first-order valence-electron chi connectivity index (χ1n) is 7.97. The lowest BCUT2D eigenvalue weighted by atomic mass is 10.2. The van der Waals surface area contributed by atoms with E-state index in [2.05, 4.69) is 20.3 Å². The number of hydrogen-bond donors (Lipinski definition) is 2. The fourth-order valence-corrected chi connectivity index (χ4v) is 2.40. The van der Waals surface area contributed by atoms with Gasteiger partial charge in [0.15, 0.2) is 0 Å². The van der Waals surface area contributed by atoms with Crippen molar-refractivity contribution in [1.82, 2.24) is 15.0 Å². The quantitative estimate of drug-likeness (QED) is 0.748. The van der Waals surface area contributed by atoms with E-state index in [4.69, 9.17) is 4.74 Å². The van der Waals surface area contributed by atoms with Gasteiger partial charge in [-0.2, -0.15) is 0 Å². The first-order chi connectivity index (χ1) is 12.1. The third-order valence-corrected chi connectivity index (χ3v) is 4.04. The molecule has 6 nitrogen and oxygen atoms in total. The van der Waals surface area contributed by atoms with E-state index in [1.807, 2.05) is 43.3 Å². The summed E-state index contributed by atoms with van der Waals surface area (Å²) in [6.07, 6.45) is 1.70. The Kier molecular flexibility index (Phi) is 4.79. The SMILES string of the molecule is COc1cccc(CNc2ccc(-c3nc(C)c(C)c(=O)[nH]3)cn2)c1. The van der Waals surface area contributed by atoms with Crippen LogP contribution >= 0.6 is 0 Å². The Morgan fingerprint density at radius 3 is 2.72 bits per heavy atom. The number of nitrogens with one attached hydrogen (secondary N) is 2. The van der Waals surface area contributed by atoms with Crippen molar-refractivity contribution in [3.63, 3.8) is 0 Å². The van der Waals surface area contributed by atoms with Crippen LogP contribution in [0.4, 0.5) is 5.82 Å². The Morgan fingerprint density at radius 1 is 1.20 bits per heavy atom. The molecule has 0 amide bonds. The van der Waals surface area contributed by atoms with Gasteiger partial charge >= 0.3 is 0 Å². The number of methoxy groups -OCH3 is 1. The zero-order valence-corrected chi connectivity index (χ0v) is 14.5. The highest BCUT2D eigenvalue weighted by Crippen LogP contribution is 2.17. The van der Waals surface area contributed by atoms with Crippen LogP contribution < -0.4 is 15.6 Å². The molecule has 0 aliphatic carbocycles. The molecule has 0 saturated heterocycles. The van der Waals surface area contributed by atoms with Gasteiger partial charge in [-0.1, -0.05) is 12.1 Å². The van der Waals surface area contributed by atoms with Gasteiger partial charge in [-0.05, 0) is 43.7 Å². The second-order valence-corrected chi connectivity index (χ2v) is 5.76. The summed E-state index contributed by atoms with van der Waals surface area (Å²) in [5.41, 5.74) is 3.10. The summed E-state index contributed by atoms with van der Waals surface area (Å²) >= 11 is 0. The number of anilines is 1. The average molecular weight is 336 g/mol. The second kappa shape index (κ2) is 7.17. The number of ether oxygens (including phenoxy) is 1. The highest BCUT2D eigenvalue weighted by molar-refractivity contribution is 5.56. The van der Waals surface area contributed by atoms with E-state index in [1.165, 1.54) is 0 Å². The highest BCUT2D eigenvalue weighted by Gasteiger charge is 2.06. The number of hydrogen-bond acceptors (Lipinski definition) is 5. The number of benzene rings is 1. The molecule has 0 aliphatic heterocycles. The van der Waals surface area contributed by atoms with Crippen molar-refractivity contribution in [2.24, 2.45) is 0 Å². The Labute approximate surface area is 145 Å². The summed E-state index contributed by atoms with van der Waals surface area (Å²) in [4.78, 5) is 23.5. The van der Waals surface area contributed by atoms with Crippen molar-refractivity contribution in [3.8, 4) is 17.1 Å². The van der Waals surface area contributed by atoms with Crippen LogP contribution in [0.5, 0.6) is 5.75 Å². The van der Waals surface area contributed by atoms with Crippen molar-refractivity contribution >= 4 is 5.82 Å². The number of aromatic amines is 1. The molecule has 1 aromatic carbocycles. The molecule has 0 bridgehead atoms. The predicted molar refractivity (Wildman–Crippen MR) is 97.9 cm³/mol. The maximum Gasteiger partial charge on any atom is 0.254 e. The Balaban J connectivity index is 1.73. The van der Waals surface area contributed by atoms with Crippen LogP contribution in [0.25, 0.3) is 11.4 Å². The van der Waals surface area contributed by atoms with Gasteiger partial charge < -0.3 is 15.0 Å². The number of H-pyrrole nitrogens is 1. The average Bonchev–Trinajstić information content (AvgIpc) is 2.64. The van der Waals surface area contributed by atoms with Crippen LogP contribution in [0.3, 0.4) is 0 Å². The Hall–Kier alpha value is -3.15. The summed E-state index contributed by atoms with van der Waals surface area (Å²) in [6.45, 7) is 4.22. The maximum atomic E-state index is 11.9. The zero-order chi connectivity index (χ0) is 17.8. The first-order valence-corrected chi connectivity index (χ1v) is 7.97. The van der Waals surface area contributed by atoms with Crippen LogP contribution in [-0.2, 0) is 6.54 Å². The van der Waals surface area contributed by atoms with Gasteiger partial charge in [0.2, 0.25) is 0 Å². The van der Waals surface area contributed by atoms with Crippen LogP contribution in [0.1, 0.15) is 16.8 Å². The molecule has 2 heterocycles. The van der Waals surface area contributed by atoms with Gasteiger partial charge in [0.1, 0.15) is 17.4 Å². The number of aryl methyl sites for hydroxylation is 1. The van der Waals surface area contributed by atoms with Crippen molar-refractivity contribution in [3.05, 3.63) is 69.8 Å². The Bertz CT molecular complexity index is 933. The van der Waals surface area contributed by atoms with E-state index in [0.29, 0.717) is 17.9 Å². The van der Waals surface area contributed by atoms with Crippen molar-refractivity contribution in [2.45, 2.75) is 20.4 Å². The van der Waals surface area contributed by atoms with Gasteiger partial charge in [-0.15, -0.1) is 0 Å². The minimum atomic E-state index is -0.122.